The molecule has 0 aliphatic heterocycles. The molecule has 7 heteroatoms. The van der Waals surface area contributed by atoms with Gasteiger partial charge in [-0.15, -0.1) is 0 Å². The SMILES string of the molecule is CCC(CC(=O)O)NC(=O)CNC(=O)CN. The summed E-state index contributed by atoms with van der Waals surface area (Å²) in [5.41, 5.74) is 5.03. The van der Waals surface area contributed by atoms with Gasteiger partial charge < -0.3 is 21.5 Å². The number of aliphatic carboxylic acids is 1. The van der Waals surface area contributed by atoms with Crippen LogP contribution in [0, 0.1) is 0 Å². The average Bonchev–Trinajstić information content (AvgIpc) is 2.24. The second-order valence-electron chi connectivity index (χ2n) is 3.25. The molecule has 92 valence electrons. The van der Waals surface area contributed by atoms with Gasteiger partial charge in [0.15, 0.2) is 0 Å². The molecule has 0 bridgehead atoms. The van der Waals surface area contributed by atoms with Crippen LogP contribution in [0.5, 0.6) is 0 Å². The molecule has 0 spiro atoms. The van der Waals surface area contributed by atoms with E-state index in [0.29, 0.717) is 6.42 Å². The van der Waals surface area contributed by atoms with Crippen molar-refractivity contribution in [3.05, 3.63) is 0 Å². The highest BCUT2D eigenvalue weighted by Crippen LogP contribution is 1.96. The summed E-state index contributed by atoms with van der Waals surface area (Å²) in [6, 6.07) is -0.417. The molecule has 1 unspecified atom stereocenters. The topological polar surface area (TPSA) is 122 Å². The van der Waals surface area contributed by atoms with Gasteiger partial charge in [0.25, 0.3) is 0 Å². The Hall–Kier alpha value is -1.63. The maximum absolute atomic E-state index is 11.3. The third-order valence-electron chi connectivity index (χ3n) is 1.91. The van der Waals surface area contributed by atoms with Crippen LogP contribution in [0.4, 0.5) is 0 Å². The molecule has 1 atom stereocenters. The Balaban J connectivity index is 3.91. The number of hydrogen-bond acceptors (Lipinski definition) is 4. The van der Waals surface area contributed by atoms with E-state index in [9.17, 15) is 14.4 Å². The smallest absolute Gasteiger partial charge is 0.305 e. The first kappa shape index (κ1) is 14.4. The molecular weight excluding hydrogens is 214 g/mol. The molecule has 7 nitrogen and oxygen atoms in total. The summed E-state index contributed by atoms with van der Waals surface area (Å²) < 4.78 is 0. The number of hydrogen-bond donors (Lipinski definition) is 4. The molecule has 0 aromatic carbocycles. The van der Waals surface area contributed by atoms with E-state index in [1.165, 1.54) is 0 Å². The Bertz CT molecular complexity index is 267. The monoisotopic (exact) mass is 231 g/mol. The summed E-state index contributed by atoms with van der Waals surface area (Å²) >= 11 is 0. The van der Waals surface area contributed by atoms with Crippen LogP contribution in [0.1, 0.15) is 19.8 Å². The maximum atomic E-state index is 11.3. The van der Waals surface area contributed by atoms with E-state index in [0.717, 1.165) is 0 Å². The van der Waals surface area contributed by atoms with Crippen LogP contribution in [0.15, 0.2) is 0 Å². The van der Waals surface area contributed by atoms with Crippen molar-refractivity contribution in [2.75, 3.05) is 13.1 Å². The molecule has 0 aliphatic carbocycles. The molecule has 0 aromatic heterocycles. The molecule has 0 saturated heterocycles. The fourth-order valence-corrected chi connectivity index (χ4v) is 1.04. The Morgan fingerprint density at radius 2 is 1.94 bits per heavy atom. The molecule has 5 N–H and O–H groups in total. The summed E-state index contributed by atoms with van der Waals surface area (Å²) in [6.07, 6.45) is 0.385. The fourth-order valence-electron chi connectivity index (χ4n) is 1.04. The number of carboxylic acids is 1. The molecular formula is C9H17N3O4. The first-order chi connectivity index (χ1) is 7.49. The molecule has 0 aliphatic rings. The standard InChI is InChI=1S/C9H17N3O4/c1-2-6(3-9(15)16)12-8(14)5-11-7(13)4-10/h6H,2-5,10H2,1H3,(H,11,13)(H,12,14)(H,15,16). The van der Waals surface area contributed by atoms with E-state index in [1.54, 1.807) is 6.92 Å². The highest BCUT2D eigenvalue weighted by molar-refractivity contribution is 5.85. The highest BCUT2D eigenvalue weighted by atomic mass is 16.4. The van der Waals surface area contributed by atoms with Crippen molar-refractivity contribution in [1.82, 2.24) is 10.6 Å². The van der Waals surface area contributed by atoms with E-state index in [4.69, 9.17) is 10.8 Å². The maximum Gasteiger partial charge on any atom is 0.305 e. The van der Waals surface area contributed by atoms with Crippen molar-refractivity contribution in [1.29, 1.82) is 0 Å². The normalized spacial score (nSPS) is 11.6. The lowest BCUT2D eigenvalue weighted by Crippen LogP contribution is -2.43. The molecule has 0 radical (unpaired) electrons. The van der Waals surface area contributed by atoms with Crippen LogP contribution in [0.2, 0.25) is 0 Å². The van der Waals surface area contributed by atoms with E-state index in [2.05, 4.69) is 10.6 Å². The highest BCUT2D eigenvalue weighted by Gasteiger charge is 2.13. The first-order valence-corrected chi connectivity index (χ1v) is 4.97. The van der Waals surface area contributed by atoms with Gasteiger partial charge in [-0.1, -0.05) is 6.92 Å². The number of carbonyl (C=O) groups excluding carboxylic acids is 2. The summed E-state index contributed by atoms with van der Waals surface area (Å²) in [5, 5.41) is 13.3. The minimum atomic E-state index is -0.974. The van der Waals surface area contributed by atoms with Crippen LogP contribution in [0.25, 0.3) is 0 Å². The van der Waals surface area contributed by atoms with Gasteiger partial charge in [0.1, 0.15) is 0 Å². The van der Waals surface area contributed by atoms with Crippen molar-refractivity contribution in [2.24, 2.45) is 5.73 Å². The number of nitrogens with one attached hydrogen (secondary N) is 2. The predicted molar refractivity (Wildman–Crippen MR) is 56.5 cm³/mol. The number of carboxylic acid groups (broad SMARTS) is 1. The van der Waals surface area contributed by atoms with Crippen LogP contribution >= 0.6 is 0 Å². The molecule has 0 saturated carbocycles. The third kappa shape index (κ3) is 6.77. The molecule has 0 aromatic rings. The van der Waals surface area contributed by atoms with E-state index >= 15 is 0 Å². The minimum Gasteiger partial charge on any atom is -0.481 e. The summed E-state index contributed by atoms with van der Waals surface area (Å²) in [6.45, 7) is 1.40. The summed E-state index contributed by atoms with van der Waals surface area (Å²) in [4.78, 5) is 32.4. The largest absolute Gasteiger partial charge is 0.481 e. The molecule has 16 heavy (non-hydrogen) atoms. The quantitative estimate of drug-likeness (QED) is 0.422. The van der Waals surface area contributed by atoms with Gasteiger partial charge in [0.2, 0.25) is 11.8 Å². The molecule has 0 rings (SSSR count). The van der Waals surface area contributed by atoms with Gasteiger partial charge in [-0.3, -0.25) is 14.4 Å². The van der Waals surface area contributed by atoms with Crippen molar-refractivity contribution >= 4 is 17.8 Å². The Labute approximate surface area is 93.4 Å². The van der Waals surface area contributed by atoms with E-state index in [1.807, 2.05) is 0 Å². The van der Waals surface area contributed by atoms with Gasteiger partial charge in [-0.05, 0) is 6.42 Å². The summed E-state index contributed by atoms with van der Waals surface area (Å²) in [5.74, 6) is -1.82. The summed E-state index contributed by atoms with van der Waals surface area (Å²) in [7, 11) is 0. The van der Waals surface area contributed by atoms with Crippen LogP contribution in [-0.4, -0.2) is 42.0 Å². The Morgan fingerprint density at radius 3 is 2.38 bits per heavy atom. The Kier molecular flexibility index (Phi) is 6.86. The fraction of sp³-hybridized carbons (Fsp3) is 0.667. The van der Waals surface area contributed by atoms with Gasteiger partial charge in [0, 0.05) is 6.04 Å². The lowest BCUT2D eigenvalue weighted by atomic mass is 10.1. The van der Waals surface area contributed by atoms with Crippen LogP contribution in [-0.2, 0) is 14.4 Å². The van der Waals surface area contributed by atoms with Gasteiger partial charge in [-0.2, -0.15) is 0 Å². The average molecular weight is 231 g/mol. The lowest BCUT2D eigenvalue weighted by Gasteiger charge is -2.14. The third-order valence-corrected chi connectivity index (χ3v) is 1.91. The second kappa shape index (κ2) is 7.63. The van der Waals surface area contributed by atoms with Crippen molar-refractivity contribution in [2.45, 2.75) is 25.8 Å². The first-order valence-electron chi connectivity index (χ1n) is 4.97. The van der Waals surface area contributed by atoms with Gasteiger partial charge in [-0.25, -0.2) is 0 Å². The van der Waals surface area contributed by atoms with Gasteiger partial charge in [0.05, 0.1) is 19.5 Å². The zero-order chi connectivity index (χ0) is 12.6. The zero-order valence-electron chi connectivity index (χ0n) is 9.16. The minimum absolute atomic E-state index is 0.132. The molecule has 2 amide bonds. The molecule has 0 fully saturated rings. The number of nitrogens with two attached hydrogens (primary N) is 1. The van der Waals surface area contributed by atoms with Crippen molar-refractivity contribution in [3.8, 4) is 0 Å². The second-order valence-corrected chi connectivity index (χ2v) is 3.25. The van der Waals surface area contributed by atoms with E-state index < -0.39 is 23.8 Å². The number of carbonyl (C=O) groups is 3. The lowest BCUT2D eigenvalue weighted by molar-refractivity contribution is -0.137. The number of amides is 2. The van der Waals surface area contributed by atoms with Crippen LogP contribution in [0.3, 0.4) is 0 Å². The predicted octanol–water partition coefficient (Wildman–Crippen LogP) is -1.57. The van der Waals surface area contributed by atoms with Crippen molar-refractivity contribution in [3.63, 3.8) is 0 Å². The van der Waals surface area contributed by atoms with Gasteiger partial charge >= 0.3 is 5.97 Å². The Morgan fingerprint density at radius 1 is 1.31 bits per heavy atom. The van der Waals surface area contributed by atoms with Crippen molar-refractivity contribution < 1.29 is 19.5 Å². The number of rotatable bonds is 7. The molecule has 0 heterocycles. The van der Waals surface area contributed by atoms with E-state index in [-0.39, 0.29) is 19.5 Å². The zero-order valence-corrected chi connectivity index (χ0v) is 9.16. The van der Waals surface area contributed by atoms with Crippen LogP contribution < -0.4 is 16.4 Å².